The molecule has 1 N–H and O–H groups in total. The second-order valence-electron chi connectivity index (χ2n) is 7.54. The molecule has 30 heavy (non-hydrogen) atoms. The van der Waals surface area contributed by atoms with Gasteiger partial charge in [0.1, 0.15) is 16.5 Å². The Kier molecular flexibility index (Phi) is 5.23. The molecule has 152 valence electrons. The number of carbonyl (C=O) groups is 1. The zero-order chi connectivity index (χ0) is 20.5. The molecule has 1 saturated heterocycles. The number of nitrogens with one attached hydrogen (secondary N) is 1. The third-order valence-electron chi connectivity index (χ3n) is 5.46. The number of aromatic nitrogens is 2. The average molecular weight is 435 g/mol. The van der Waals surface area contributed by atoms with Crippen LogP contribution in [0, 0.1) is 6.92 Å². The van der Waals surface area contributed by atoms with E-state index in [0.717, 1.165) is 53.4 Å². The lowest BCUT2D eigenvalue weighted by Gasteiger charge is -2.33. The van der Waals surface area contributed by atoms with Gasteiger partial charge in [-0.2, -0.15) is 11.3 Å². The normalized spacial score (nSPS) is 14.9. The van der Waals surface area contributed by atoms with Gasteiger partial charge in [0.25, 0.3) is 5.91 Å². The number of fused-ring (bicyclic) bond motifs is 1. The second kappa shape index (κ2) is 8.16. The first kappa shape index (κ1) is 19.2. The van der Waals surface area contributed by atoms with Crippen molar-refractivity contribution >= 4 is 44.6 Å². The molecule has 0 bridgehead atoms. The zero-order valence-corrected chi connectivity index (χ0v) is 18.3. The maximum absolute atomic E-state index is 12.3. The van der Waals surface area contributed by atoms with Crippen molar-refractivity contribution in [2.75, 3.05) is 18.0 Å². The van der Waals surface area contributed by atoms with Gasteiger partial charge >= 0.3 is 0 Å². The first-order valence-corrected chi connectivity index (χ1v) is 11.8. The van der Waals surface area contributed by atoms with Crippen molar-refractivity contribution in [3.05, 3.63) is 64.6 Å². The molecule has 5 nitrogen and oxygen atoms in total. The highest BCUT2D eigenvalue weighted by Gasteiger charge is 2.24. The SMILES string of the molecule is Cc1nc(N2CCC(NC(=O)c3ccsc3)CC2)c2cc(-c3ccccc3)sc2n1. The largest absolute Gasteiger partial charge is 0.356 e. The molecule has 0 unspecified atom stereocenters. The Morgan fingerprint density at radius 3 is 2.67 bits per heavy atom. The van der Waals surface area contributed by atoms with Crippen molar-refractivity contribution in [3.63, 3.8) is 0 Å². The molecular formula is C23H22N4OS2. The predicted molar refractivity (Wildman–Crippen MR) is 125 cm³/mol. The lowest BCUT2D eigenvalue weighted by molar-refractivity contribution is 0.0931. The second-order valence-corrected chi connectivity index (χ2v) is 9.35. The lowest BCUT2D eigenvalue weighted by atomic mass is 10.0. The van der Waals surface area contributed by atoms with Crippen LogP contribution in [0.1, 0.15) is 29.0 Å². The molecule has 1 aliphatic rings. The fourth-order valence-corrected chi connectivity index (χ4v) is 5.61. The van der Waals surface area contributed by atoms with Crippen LogP contribution < -0.4 is 10.2 Å². The van der Waals surface area contributed by atoms with Crippen LogP contribution in [0.25, 0.3) is 20.7 Å². The van der Waals surface area contributed by atoms with Crippen LogP contribution in [0.4, 0.5) is 5.82 Å². The molecule has 0 atom stereocenters. The van der Waals surface area contributed by atoms with Gasteiger partial charge in [-0.1, -0.05) is 30.3 Å². The summed E-state index contributed by atoms with van der Waals surface area (Å²) in [5.74, 6) is 1.84. The molecule has 0 spiro atoms. The van der Waals surface area contributed by atoms with E-state index in [-0.39, 0.29) is 11.9 Å². The third-order valence-corrected chi connectivity index (χ3v) is 7.22. The van der Waals surface area contributed by atoms with Crippen LogP contribution in [-0.2, 0) is 0 Å². The van der Waals surface area contributed by atoms with Gasteiger partial charge in [0, 0.05) is 35.0 Å². The highest BCUT2D eigenvalue weighted by Crippen LogP contribution is 2.37. The van der Waals surface area contributed by atoms with Crippen LogP contribution in [-0.4, -0.2) is 35.0 Å². The summed E-state index contributed by atoms with van der Waals surface area (Å²) in [5, 5.41) is 8.12. The summed E-state index contributed by atoms with van der Waals surface area (Å²) < 4.78 is 0. The summed E-state index contributed by atoms with van der Waals surface area (Å²) >= 11 is 3.26. The average Bonchev–Trinajstić information content (AvgIpc) is 3.45. The van der Waals surface area contributed by atoms with Gasteiger partial charge in [-0.3, -0.25) is 4.79 Å². The number of anilines is 1. The molecule has 1 aliphatic heterocycles. The van der Waals surface area contributed by atoms with Crippen molar-refractivity contribution in [2.24, 2.45) is 0 Å². The Morgan fingerprint density at radius 1 is 1.13 bits per heavy atom. The molecule has 1 aromatic carbocycles. The van der Waals surface area contributed by atoms with E-state index in [4.69, 9.17) is 4.98 Å². The van der Waals surface area contributed by atoms with E-state index in [1.54, 1.807) is 22.7 Å². The summed E-state index contributed by atoms with van der Waals surface area (Å²) in [6, 6.07) is 14.7. The van der Waals surface area contributed by atoms with Crippen molar-refractivity contribution in [3.8, 4) is 10.4 Å². The minimum Gasteiger partial charge on any atom is -0.356 e. The molecule has 0 aliphatic carbocycles. The van der Waals surface area contributed by atoms with E-state index in [2.05, 4.69) is 45.5 Å². The first-order valence-electron chi connectivity index (χ1n) is 10.1. The number of carbonyl (C=O) groups excluding carboxylic acids is 1. The minimum absolute atomic E-state index is 0.0281. The molecular weight excluding hydrogens is 412 g/mol. The molecule has 5 rings (SSSR count). The molecule has 3 aromatic heterocycles. The van der Waals surface area contributed by atoms with Crippen molar-refractivity contribution in [2.45, 2.75) is 25.8 Å². The Balaban J connectivity index is 1.35. The van der Waals surface area contributed by atoms with Gasteiger partial charge in [-0.25, -0.2) is 9.97 Å². The molecule has 4 aromatic rings. The van der Waals surface area contributed by atoms with Crippen LogP contribution in [0.5, 0.6) is 0 Å². The molecule has 1 amide bonds. The van der Waals surface area contributed by atoms with E-state index < -0.39 is 0 Å². The number of piperidine rings is 1. The third kappa shape index (κ3) is 3.82. The highest BCUT2D eigenvalue weighted by atomic mass is 32.1. The maximum atomic E-state index is 12.3. The van der Waals surface area contributed by atoms with Crippen LogP contribution in [0.2, 0.25) is 0 Å². The minimum atomic E-state index is 0.0281. The van der Waals surface area contributed by atoms with Gasteiger partial charge in [0.2, 0.25) is 0 Å². The van der Waals surface area contributed by atoms with Crippen LogP contribution >= 0.6 is 22.7 Å². The topological polar surface area (TPSA) is 58.1 Å². The summed E-state index contributed by atoms with van der Waals surface area (Å²) in [4.78, 5) is 26.4. The van der Waals surface area contributed by atoms with Gasteiger partial charge in [-0.15, -0.1) is 11.3 Å². The van der Waals surface area contributed by atoms with Gasteiger partial charge in [0.15, 0.2) is 0 Å². The summed E-state index contributed by atoms with van der Waals surface area (Å²) in [7, 11) is 0. The summed E-state index contributed by atoms with van der Waals surface area (Å²) in [6.45, 7) is 3.70. The molecule has 0 radical (unpaired) electrons. The fourth-order valence-electron chi connectivity index (χ4n) is 3.89. The number of amides is 1. The number of hydrogen-bond acceptors (Lipinski definition) is 6. The van der Waals surface area contributed by atoms with Crippen LogP contribution in [0.15, 0.2) is 53.2 Å². The fraction of sp³-hybridized carbons (Fsp3) is 0.261. The van der Waals surface area contributed by atoms with Crippen molar-refractivity contribution < 1.29 is 4.79 Å². The number of hydrogen-bond donors (Lipinski definition) is 1. The van der Waals surface area contributed by atoms with Gasteiger partial charge in [-0.05, 0) is 42.8 Å². The van der Waals surface area contributed by atoms with E-state index in [1.165, 1.54) is 10.4 Å². The molecule has 4 heterocycles. The van der Waals surface area contributed by atoms with Crippen molar-refractivity contribution in [1.82, 2.24) is 15.3 Å². The standard InChI is InChI=1S/C23H22N4OS2/c1-15-24-21(19-13-20(30-23(19)25-15)16-5-3-2-4-6-16)27-10-7-18(8-11-27)26-22(28)17-9-12-29-14-17/h2-6,9,12-14,18H,7-8,10-11H2,1H3,(H,26,28). The number of nitrogens with zero attached hydrogens (tertiary/aromatic N) is 3. The van der Waals surface area contributed by atoms with Crippen molar-refractivity contribution in [1.29, 1.82) is 0 Å². The first-order chi connectivity index (χ1) is 14.7. The van der Waals surface area contributed by atoms with Gasteiger partial charge < -0.3 is 10.2 Å². The smallest absolute Gasteiger partial charge is 0.252 e. The molecule has 0 saturated carbocycles. The Labute approximate surface area is 183 Å². The Hall–Kier alpha value is -2.77. The zero-order valence-electron chi connectivity index (χ0n) is 16.7. The van der Waals surface area contributed by atoms with E-state index in [9.17, 15) is 4.79 Å². The number of benzene rings is 1. The van der Waals surface area contributed by atoms with E-state index in [0.29, 0.717) is 0 Å². The summed E-state index contributed by atoms with van der Waals surface area (Å²) in [5.41, 5.74) is 1.96. The number of aryl methyl sites for hydroxylation is 1. The maximum Gasteiger partial charge on any atom is 0.252 e. The quantitative estimate of drug-likeness (QED) is 0.484. The monoisotopic (exact) mass is 434 g/mol. The lowest BCUT2D eigenvalue weighted by Crippen LogP contribution is -2.45. The molecule has 1 fully saturated rings. The van der Waals surface area contributed by atoms with Crippen LogP contribution in [0.3, 0.4) is 0 Å². The Bertz CT molecular complexity index is 1160. The predicted octanol–water partition coefficient (Wildman–Crippen LogP) is 5.13. The Morgan fingerprint density at radius 2 is 1.93 bits per heavy atom. The number of thiophene rings is 2. The van der Waals surface area contributed by atoms with E-state index in [1.807, 2.05) is 29.8 Å². The highest BCUT2D eigenvalue weighted by molar-refractivity contribution is 7.21. The van der Waals surface area contributed by atoms with Gasteiger partial charge in [0.05, 0.1) is 5.39 Å². The number of rotatable bonds is 4. The summed E-state index contributed by atoms with van der Waals surface area (Å²) in [6.07, 6.45) is 1.83. The van der Waals surface area contributed by atoms with E-state index >= 15 is 0 Å². The molecule has 7 heteroatoms.